The quantitative estimate of drug-likeness (QED) is 0.492. The average Bonchev–Trinajstić information content (AvgIpc) is 2.78. The summed E-state index contributed by atoms with van der Waals surface area (Å²) < 4.78 is 17.2. The summed E-state index contributed by atoms with van der Waals surface area (Å²) in [6.07, 6.45) is -0.738. The molecule has 4 rings (SSSR count). The Hall–Kier alpha value is -1.35. The summed E-state index contributed by atoms with van der Waals surface area (Å²) in [6.45, 7) is 1.74. The largest absolute Gasteiger partial charge is 0.496 e. The van der Waals surface area contributed by atoms with Crippen molar-refractivity contribution in [1.29, 1.82) is 0 Å². The molecule has 2 saturated carbocycles. The molecule has 178 valence electrons. The topological polar surface area (TPSA) is 109 Å². The van der Waals surface area contributed by atoms with Crippen LogP contribution in [0.5, 0.6) is 5.75 Å². The van der Waals surface area contributed by atoms with E-state index in [1.54, 1.807) is 19.2 Å². The molecule has 1 heterocycles. The first-order chi connectivity index (χ1) is 15.3. The fraction of sp³-hybridized carbons (Fsp3) is 0.667. The van der Waals surface area contributed by atoms with Gasteiger partial charge in [-0.1, -0.05) is 31.4 Å². The lowest BCUT2D eigenvalue weighted by Gasteiger charge is -2.41. The van der Waals surface area contributed by atoms with E-state index < -0.39 is 37.3 Å². The van der Waals surface area contributed by atoms with Gasteiger partial charge >= 0.3 is 0 Å². The van der Waals surface area contributed by atoms with Gasteiger partial charge in [-0.15, -0.1) is 0 Å². The van der Waals surface area contributed by atoms with Crippen molar-refractivity contribution in [2.24, 2.45) is 17.8 Å². The van der Waals surface area contributed by atoms with Crippen molar-refractivity contribution in [3.8, 4) is 5.75 Å². The van der Waals surface area contributed by atoms with Gasteiger partial charge in [-0.05, 0) is 60.8 Å². The summed E-state index contributed by atoms with van der Waals surface area (Å²) in [7, 11) is 1.68. The van der Waals surface area contributed by atoms with Gasteiger partial charge in [-0.3, -0.25) is 0 Å². The van der Waals surface area contributed by atoms with Crippen molar-refractivity contribution in [2.45, 2.75) is 69.7 Å². The van der Waals surface area contributed by atoms with Crippen molar-refractivity contribution in [2.75, 3.05) is 13.7 Å². The molecule has 0 spiro atoms. The lowest BCUT2D eigenvalue weighted by atomic mass is 9.65. The zero-order valence-corrected chi connectivity index (χ0v) is 19.2. The highest BCUT2D eigenvalue weighted by molar-refractivity contribution is 6.32. The minimum Gasteiger partial charge on any atom is -0.496 e. The molecule has 4 N–H and O–H groups in total. The third-order valence-corrected chi connectivity index (χ3v) is 7.50. The number of methoxy groups -OCH3 is 1. The van der Waals surface area contributed by atoms with Crippen LogP contribution in [0, 0.1) is 17.8 Å². The van der Waals surface area contributed by atoms with Crippen LogP contribution in [0.25, 0.3) is 5.76 Å². The third-order valence-electron chi connectivity index (χ3n) is 7.19. The fourth-order valence-electron chi connectivity index (χ4n) is 5.65. The number of halogens is 1. The maximum Gasteiger partial charge on any atom is 0.229 e. The lowest BCUT2D eigenvalue weighted by molar-refractivity contribution is -0.277. The van der Waals surface area contributed by atoms with E-state index in [1.165, 1.54) is 37.7 Å². The third kappa shape index (κ3) is 4.52. The zero-order chi connectivity index (χ0) is 23.0. The van der Waals surface area contributed by atoms with Gasteiger partial charge in [-0.2, -0.15) is 0 Å². The number of fused-ring (bicyclic) bond motifs is 2. The molecule has 1 aromatic carbocycles. The van der Waals surface area contributed by atoms with Crippen LogP contribution in [-0.2, 0) is 9.47 Å². The van der Waals surface area contributed by atoms with Crippen molar-refractivity contribution in [1.82, 2.24) is 0 Å². The van der Waals surface area contributed by atoms with Gasteiger partial charge in [0, 0.05) is 5.56 Å². The minimum atomic E-state index is -1.52. The molecule has 32 heavy (non-hydrogen) atoms. The molecular weight excluding hydrogens is 436 g/mol. The van der Waals surface area contributed by atoms with Gasteiger partial charge in [0.05, 0.1) is 18.7 Å². The molecule has 0 radical (unpaired) electrons. The number of aliphatic hydroxyl groups is 4. The van der Waals surface area contributed by atoms with Gasteiger partial charge in [0.15, 0.2) is 0 Å². The second-order valence-electron chi connectivity index (χ2n) is 9.32. The first-order valence-corrected chi connectivity index (χ1v) is 11.8. The van der Waals surface area contributed by atoms with E-state index >= 15 is 0 Å². The van der Waals surface area contributed by atoms with Gasteiger partial charge < -0.3 is 34.6 Å². The number of hydrogen-bond donors (Lipinski definition) is 4. The number of ether oxygens (including phenoxy) is 3. The van der Waals surface area contributed by atoms with Crippen LogP contribution < -0.4 is 4.74 Å². The molecule has 0 amide bonds. The first kappa shape index (κ1) is 23.8. The van der Waals surface area contributed by atoms with E-state index in [1.807, 2.05) is 6.07 Å². The van der Waals surface area contributed by atoms with E-state index in [4.69, 9.17) is 25.8 Å². The Balaban J connectivity index is 1.63. The Morgan fingerprint density at radius 1 is 1.12 bits per heavy atom. The smallest absolute Gasteiger partial charge is 0.229 e. The van der Waals surface area contributed by atoms with Crippen molar-refractivity contribution in [3.05, 3.63) is 34.4 Å². The van der Waals surface area contributed by atoms with E-state index in [0.717, 1.165) is 17.2 Å². The molecule has 1 aliphatic heterocycles. The van der Waals surface area contributed by atoms with Gasteiger partial charge in [0.1, 0.15) is 35.9 Å². The van der Waals surface area contributed by atoms with Gasteiger partial charge in [-0.25, -0.2) is 0 Å². The zero-order valence-electron chi connectivity index (χ0n) is 18.5. The van der Waals surface area contributed by atoms with Gasteiger partial charge in [0.25, 0.3) is 0 Å². The van der Waals surface area contributed by atoms with Crippen LogP contribution in [-0.4, -0.2) is 64.8 Å². The van der Waals surface area contributed by atoms with Crippen LogP contribution in [0.15, 0.2) is 23.8 Å². The minimum absolute atomic E-state index is 0.258. The standard InChI is InChI=1S/C24H33ClO7/c1-12-8-13-4-3-5-14(9-13)19(12)23(30-2)15-6-7-16(25)17(10-15)31-24-22(29)21(28)20(27)18(11-26)32-24/h6-7,10,12-14,18,20-22,24,26-29H,3-5,8-9,11H2,1-2H3/b23-19+. The van der Waals surface area contributed by atoms with Gasteiger partial charge in [0.2, 0.25) is 6.29 Å². The van der Waals surface area contributed by atoms with Crippen molar-refractivity contribution < 1.29 is 34.6 Å². The van der Waals surface area contributed by atoms with E-state index in [-0.39, 0.29) is 5.75 Å². The summed E-state index contributed by atoms with van der Waals surface area (Å²) in [4.78, 5) is 0. The van der Waals surface area contributed by atoms with E-state index in [0.29, 0.717) is 16.9 Å². The first-order valence-electron chi connectivity index (χ1n) is 11.4. The molecule has 2 aliphatic carbocycles. The second-order valence-corrected chi connectivity index (χ2v) is 9.72. The Labute approximate surface area is 193 Å². The number of hydrogen-bond acceptors (Lipinski definition) is 7. The van der Waals surface area contributed by atoms with Crippen LogP contribution >= 0.6 is 11.6 Å². The Morgan fingerprint density at radius 2 is 1.91 bits per heavy atom. The molecule has 7 nitrogen and oxygen atoms in total. The second kappa shape index (κ2) is 9.87. The molecule has 2 bridgehead atoms. The highest BCUT2D eigenvalue weighted by Crippen LogP contribution is 2.48. The molecule has 3 aliphatic rings. The average molecular weight is 469 g/mol. The normalized spacial score (nSPS) is 38.8. The highest BCUT2D eigenvalue weighted by atomic mass is 35.5. The number of aliphatic hydroxyl groups excluding tert-OH is 4. The van der Waals surface area contributed by atoms with Crippen molar-refractivity contribution in [3.63, 3.8) is 0 Å². The molecule has 0 aromatic heterocycles. The molecule has 3 fully saturated rings. The molecule has 1 saturated heterocycles. The fourth-order valence-corrected chi connectivity index (χ4v) is 5.82. The Morgan fingerprint density at radius 3 is 2.62 bits per heavy atom. The van der Waals surface area contributed by atoms with Crippen LogP contribution in [0.2, 0.25) is 5.02 Å². The molecule has 1 aromatic rings. The molecule has 8 atom stereocenters. The molecular formula is C24H33ClO7. The van der Waals surface area contributed by atoms with Crippen molar-refractivity contribution >= 4 is 17.4 Å². The predicted molar refractivity (Wildman–Crippen MR) is 119 cm³/mol. The summed E-state index contributed by atoms with van der Waals surface area (Å²) in [5.41, 5.74) is 2.16. The number of allylic oxidation sites excluding steroid dienone is 1. The number of rotatable bonds is 5. The molecule has 8 unspecified atom stereocenters. The summed E-state index contributed by atoms with van der Waals surface area (Å²) in [5.74, 6) is 2.82. The SMILES string of the molecule is CO/C(=C1\C(C)CC2CCCC1C2)c1ccc(Cl)c(OC2OC(CO)C(O)C(O)C2O)c1. The lowest BCUT2D eigenvalue weighted by Crippen LogP contribution is -2.60. The summed E-state index contributed by atoms with van der Waals surface area (Å²) in [5, 5.41) is 40.1. The highest BCUT2D eigenvalue weighted by Gasteiger charge is 2.45. The summed E-state index contributed by atoms with van der Waals surface area (Å²) in [6, 6.07) is 5.33. The predicted octanol–water partition coefficient (Wildman–Crippen LogP) is 2.72. The maximum atomic E-state index is 10.3. The van der Waals surface area contributed by atoms with Crippen LogP contribution in [0.3, 0.4) is 0 Å². The Kier molecular flexibility index (Phi) is 7.34. The molecule has 8 heteroatoms. The maximum absolute atomic E-state index is 10.3. The monoisotopic (exact) mass is 468 g/mol. The van der Waals surface area contributed by atoms with E-state index in [2.05, 4.69) is 6.92 Å². The van der Waals surface area contributed by atoms with Crippen LogP contribution in [0.4, 0.5) is 0 Å². The van der Waals surface area contributed by atoms with Crippen LogP contribution in [0.1, 0.15) is 44.6 Å². The Bertz CT molecular complexity index is 840. The van der Waals surface area contributed by atoms with E-state index in [9.17, 15) is 20.4 Å². The number of benzene rings is 1. The summed E-state index contributed by atoms with van der Waals surface area (Å²) >= 11 is 6.36.